The highest BCUT2D eigenvalue weighted by molar-refractivity contribution is 7.46. The first-order valence-electron chi connectivity index (χ1n) is 11.9. The monoisotopic (exact) mass is 558 g/mol. The first kappa shape index (κ1) is 28.0. The summed E-state index contributed by atoms with van der Waals surface area (Å²) in [5.74, 6) is -0.467. The zero-order chi connectivity index (χ0) is 28.5. The van der Waals surface area contributed by atoms with Crippen LogP contribution in [0.5, 0.6) is 5.75 Å². The lowest BCUT2D eigenvalue weighted by molar-refractivity contribution is -0.121. The Labute approximate surface area is 221 Å². The molecule has 0 saturated carbocycles. The number of aromatic amines is 1. The molecule has 0 fully saturated rings. The molecule has 4 rings (SSSR count). The minimum absolute atomic E-state index is 0.0170. The van der Waals surface area contributed by atoms with Crippen LogP contribution in [0.15, 0.2) is 27.9 Å². The molecule has 0 aliphatic carbocycles. The molecule has 0 saturated heterocycles. The number of fused-ring (bicyclic) bond motifs is 2. The zero-order valence-electron chi connectivity index (χ0n) is 21.4. The topological polar surface area (TPSA) is 210 Å². The third kappa shape index (κ3) is 6.37. The van der Waals surface area contributed by atoms with E-state index in [1.54, 1.807) is 11.5 Å². The van der Waals surface area contributed by atoms with Gasteiger partial charge in [-0.3, -0.25) is 24.1 Å². The maximum Gasteiger partial charge on any atom is 0.469 e. The second kappa shape index (κ2) is 11.0. The number of aromatic hydroxyl groups is 1. The number of hydrogen-bond acceptors (Lipinski definition) is 9. The Morgan fingerprint density at radius 3 is 2.59 bits per heavy atom. The van der Waals surface area contributed by atoms with Crippen LogP contribution in [-0.2, 0) is 33.6 Å². The van der Waals surface area contributed by atoms with Crippen molar-refractivity contribution in [2.75, 3.05) is 0 Å². The van der Waals surface area contributed by atoms with Crippen molar-refractivity contribution in [2.45, 2.75) is 53.3 Å². The molecule has 0 spiro atoms. The highest BCUT2D eigenvalue weighted by Crippen LogP contribution is 2.38. The minimum atomic E-state index is -4.76. The predicted molar refractivity (Wildman–Crippen MR) is 139 cm³/mol. The molecule has 5 N–H and O–H groups in total. The number of pyridine rings is 1. The summed E-state index contributed by atoms with van der Waals surface area (Å²) in [6, 6.07) is 3.73. The molecule has 0 unspecified atom stereocenters. The van der Waals surface area contributed by atoms with Gasteiger partial charge in [0.25, 0.3) is 5.56 Å². The van der Waals surface area contributed by atoms with E-state index >= 15 is 0 Å². The van der Waals surface area contributed by atoms with Crippen LogP contribution in [-0.4, -0.2) is 45.3 Å². The summed E-state index contributed by atoms with van der Waals surface area (Å²) in [5.41, 5.74) is 2.45. The molecule has 0 radical (unpaired) electrons. The van der Waals surface area contributed by atoms with E-state index in [0.29, 0.717) is 17.5 Å². The Morgan fingerprint density at radius 2 is 1.87 bits per heavy atom. The van der Waals surface area contributed by atoms with E-state index in [2.05, 4.69) is 29.8 Å². The summed E-state index contributed by atoms with van der Waals surface area (Å²) in [7, 11) is -4.76. The fraction of sp³-hybridized carbons (Fsp3) is 0.333. The number of phosphoric acid groups is 1. The van der Waals surface area contributed by atoms with Gasteiger partial charge in [0.05, 0.1) is 23.3 Å². The number of amides is 1. The van der Waals surface area contributed by atoms with E-state index in [1.807, 2.05) is 26.0 Å². The highest BCUT2D eigenvalue weighted by atomic mass is 31.2. The average Bonchev–Trinajstić information content (AvgIpc) is 2.85. The fourth-order valence-corrected chi connectivity index (χ4v) is 4.42. The van der Waals surface area contributed by atoms with Crippen molar-refractivity contribution in [1.82, 2.24) is 29.8 Å². The van der Waals surface area contributed by atoms with Crippen molar-refractivity contribution < 1.29 is 28.8 Å². The molecule has 0 bridgehead atoms. The number of aryl methyl sites for hydroxylation is 4. The number of hydrogen-bond donors (Lipinski definition) is 5. The maximum absolute atomic E-state index is 12.7. The number of aromatic nitrogens is 5. The SMILES string of the molecule is Cc1cc2nc3c(=O)[nH]c(=O)nc-3n(CCCC(=O)NCc3c(COP(=O)(O)O)cnc(C)c3O)c2cc1C. The normalized spacial score (nSPS) is 11.8. The number of carbonyl (C=O) groups is 1. The van der Waals surface area contributed by atoms with E-state index in [0.717, 1.165) is 11.1 Å². The molecule has 3 heterocycles. The number of phosphoric ester groups is 1. The second-order valence-electron chi connectivity index (χ2n) is 9.07. The molecular formula is C24H27N6O8P. The average molecular weight is 558 g/mol. The Balaban J connectivity index is 1.52. The van der Waals surface area contributed by atoms with Crippen LogP contribution in [0.4, 0.5) is 0 Å². The summed E-state index contributed by atoms with van der Waals surface area (Å²) in [5, 5.41) is 13.1. The lowest BCUT2D eigenvalue weighted by atomic mass is 10.1. The van der Waals surface area contributed by atoms with Gasteiger partial charge >= 0.3 is 13.5 Å². The van der Waals surface area contributed by atoms with Crippen LogP contribution in [0.25, 0.3) is 22.6 Å². The quantitative estimate of drug-likeness (QED) is 0.146. The van der Waals surface area contributed by atoms with Crippen LogP contribution in [0.1, 0.15) is 40.8 Å². The molecule has 2 aromatic rings. The molecule has 1 amide bonds. The van der Waals surface area contributed by atoms with Gasteiger partial charge in [0, 0.05) is 36.8 Å². The van der Waals surface area contributed by atoms with Gasteiger partial charge < -0.3 is 24.8 Å². The van der Waals surface area contributed by atoms with Crippen LogP contribution >= 0.6 is 7.82 Å². The lowest BCUT2D eigenvalue weighted by Gasteiger charge is -2.18. The third-order valence-electron chi connectivity index (χ3n) is 6.29. The molecule has 1 aromatic heterocycles. The summed E-state index contributed by atoms with van der Waals surface area (Å²) < 4.78 is 17.3. The number of nitrogens with one attached hydrogen (secondary N) is 2. The van der Waals surface area contributed by atoms with Crippen LogP contribution in [0, 0.1) is 20.8 Å². The summed E-state index contributed by atoms with van der Waals surface area (Å²) in [6.45, 7) is 5.01. The van der Waals surface area contributed by atoms with E-state index < -0.39 is 25.7 Å². The van der Waals surface area contributed by atoms with Gasteiger partial charge in [0.15, 0.2) is 11.5 Å². The molecule has 14 nitrogen and oxygen atoms in total. The standard InChI is InChI=1S/C24H27N6O8P/c1-12-7-17-18(8-13(12)2)30(22-20(27-17)23(33)29-24(34)28-22)6-4-5-19(31)26-10-16-15(11-38-39(35,36)37)9-25-14(3)21(16)32/h7-9,32H,4-6,10-11H2,1-3H3,(H,26,31)(H,29,33,34)(H2,35,36,37). The van der Waals surface area contributed by atoms with Crippen molar-refractivity contribution in [3.8, 4) is 17.3 Å². The van der Waals surface area contributed by atoms with Crippen LogP contribution in [0.2, 0.25) is 0 Å². The number of H-pyrrole nitrogens is 1. The summed E-state index contributed by atoms with van der Waals surface area (Å²) >= 11 is 0. The van der Waals surface area contributed by atoms with Gasteiger partial charge in [-0.1, -0.05) is 0 Å². The maximum atomic E-state index is 12.7. The fourth-order valence-electron chi connectivity index (χ4n) is 4.11. The number of carbonyl (C=O) groups excluding carboxylic acids is 1. The number of nitrogens with zero attached hydrogens (tertiary/aromatic N) is 4. The molecule has 2 aliphatic heterocycles. The molecule has 0 atom stereocenters. The first-order chi connectivity index (χ1) is 18.3. The van der Waals surface area contributed by atoms with Gasteiger partial charge in [-0.05, 0) is 50.5 Å². The van der Waals surface area contributed by atoms with Crippen LogP contribution in [0.3, 0.4) is 0 Å². The summed E-state index contributed by atoms with van der Waals surface area (Å²) in [6.07, 6.45) is 1.68. The molecular weight excluding hydrogens is 531 g/mol. The van der Waals surface area contributed by atoms with Gasteiger partial charge in [0.1, 0.15) is 5.75 Å². The van der Waals surface area contributed by atoms with Crippen LogP contribution < -0.4 is 16.6 Å². The minimum Gasteiger partial charge on any atom is -0.506 e. The van der Waals surface area contributed by atoms with Crippen molar-refractivity contribution in [3.05, 3.63) is 67.1 Å². The van der Waals surface area contributed by atoms with Gasteiger partial charge in [0.2, 0.25) is 5.91 Å². The molecule has 2 aliphatic rings. The van der Waals surface area contributed by atoms with E-state index in [9.17, 15) is 24.1 Å². The van der Waals surface area contributed by atoms with E-state index in [1.165, 1.54) is 6.20 Å². The zero-order valence-corrected chi connectivity index (χ0v) is 22.3. The Hall–Kier alpha value is -3.97. The summed E-state index contributed by atoms with van der Waals surface area (Å²) in [4.78, 5) is 69.5. The van der Waals surface area contributed by atoms with E-state index in [-0.39, 0.29) is 59.5 Å². The van der Waals surface area contributed by atoms with Crippen molar-refractivity contribution in [2.24, 2.45) is 0 Å². The molecule has 15 heteroatoms. The predicted octanol–water partition coefficient (Wildman–Crippen LogP) is 1.32. The smallest absolute Gasteiger partial charge is 0.469 e. The van der Waals surface area contributed by atoms with Gasteiger partial charge in [-0.25, -0.2) is 14.3 Å². The number of rotatable bonds is 9. The van der Waals surface area contributed by atoms with Crippen molar-refractivity contribution in [1.29, 1.82) is 0 Å². The third-order valence-corrected chi connectivity index (χ3v) is 6.76. The molecule has 206 valence electrons. The first-order valence-corrected chi connectivity index (χ1v) is 13.4. The Kier molecular flexibility index (Phi) is 7.93. The Morgan fingerprint density at radius 1 is 1.15 bits per heavy atom. The second-order valence-corrected chi connectivity index (χ2v) is 10.3. The van der Waals surface area contributed by atoms with Crippen molar-refractivity contribution >= 4 is 24.8 Å². The number of benzene rings is 1. The molecule has 39 heavy (non-hydrogen) atoms. The largest absolute Gasteiger partial charge is 0.506 e. The highest BCUT2D eigenvalue weighted by Gasteiger charge is 2.21. The van der Waals surface area contributed by atoms with Gasteiger partial charge in [-0.15, -0.1) is 0 Å². The Bertz CT molecular complexity index is 1710. The lowest BCUT2D eigenvalue weighted by Crippen LogP contribution is -2.29. The van der Waals surface area contributed by atoms with Crippen molar-refractivity contribution in [3.63, 3.8) is 0 Å². The molecule has 1 aromatic carbocycles. The van der Waals surface area contributed by atoms with E-state index in [4.69, 9.17) is 9.79 Å². The van der Waals surface area contributed by atoms with Gasteiger partial charge in [-0.2, -0.15) is 4.98 Å².